The van der Waals surface area contributed by atoms with Gasteiger partial charge in [-0.05, 0) is 50.6 Å². The molecule has 0 aliphatic carbocycles. The molecule has 148 valence electrons. The van der Waals surface area contributed by atoms with Crippen LogP contribution in [0.3, 0.4) is 0 Å². The van der Waals surface area contributed by atoms with Gasteiger partial charge in [0.25, 0.3) is 0 Å². The Bertz CT molecular complexity index is 686. The Morgan fingerprint density at radius 3 is 2.78 bits per heavy atom. The quantitative estimate of drug-likeness (QED) is 0.717. The molecule has 0 aromatic heterocycles. The second-order valence-electron chi connectivity index (χ2n) is 7.59. The van der Waals surface area contributed by atoms with Crippen LogP contribution in [0.15, 0.2) is 18.2 Å². The average Bonchev–Trinajstić information content (AvgIpc) is 3.29. The number of carbonyl (C=O) groups is 2. The fraction of sp³-hybridized carbons (Fsp3) is 0.600. The summed E-state index contributed by atoms with van der Waals surface area (Å²) in [6, 6.07) is 6.48. The molecule has 3 rings (SSSR count). The Hall–Kier alpha value is -2.12. The first-order chi connectivity index (χ1) is 13.0. The van der Waals surface area contributed by atoms with Gasteiger partial charge in [-0.3, -0.25) is 9.59 Å². The zero-order valence-electron chi connectivity index (χ0n) is 16.5. The number of benzene rings is 1. The third-order valence-electron chi connectivity index (χ3n) is 5.42. The zero-order valence-corrected chi connectivity index (χ0v) is 16.5. The van der Waals surface area contributed by atoms with Crippen LogP contribution >= 0.6 is 0 Å². The van der Waals surface area contributed by atoms with Crippen molar-refractivity contribution in [3.8, 4) is 0 Å². The van der Waals surface area contributed by atoms with Crippen molar-refractivity contribution in [3.05, 3.63) is 29.3 Å². The monoisotopic (exact) mass is 374 g/mol. The Morgan fingerprint density at radius 1 is 1.30 bits per heavy atom. The summed E-state index contributed by atoms with van der Waals surface area (Å²) in [7, 11) is 6.06. The number of hydrogen-bond acceptors (Lipinski definition) is 5. The summed E-state index contributed by atoms with van der Waals surface area (Å²) in [5, 5.41) is 5.43. The van der Waals surface area contributed by atoms with Crippen molar-refractivity contribution in [2.75, 3.05) is 52.3 Å². The van der Waals surface area contributed by atoms with Crippen LogP contribution in [0, 0.1) is 0 Å². The molecule has 2 heterocycles. The average molecular weight is 374 g/mol. The van der Waals surface area contributed by atoms with Crippen LogP contribution in [-0.4, -0.2) is 70.2 Å². The van der Waals surface area contributed by atoms with Gasteiger partial charge in [0.05, 0.1) is 12.1 Å². The molecule has 0 bridgehead atoms. The van der Waals surface area contributed by atoms with E-state index >= 15 is 0 Å². The van der Waals surface area contributed by atoms with Crippen LogP contribution in [0.4, 0.5) is 5.69 Å². The number of amides is 2. The van der Waals surface area contributed by atoms with Crippen LogP contribution in [0.25, 0.3) is 0 Å². The fourth-order valence-electron chi connectivity index (χ4n) is 3.75. The molecule has 0 unspecified atom stereocenters. The fourth-order valence-corrected chi connectivity index (χ4v) is 3.75. The van der Waals surface area contributed by atoms with Gasteiger partial charge in [-0.25, -0.2) is 0 Å². The van der Waals surface area contributed by atoms with Crippen molar-refractivity contribution < 1.29 is 14.3 Å². The van der Waals surface area contributed by atoms with Crippen molar-refractivity contribution >= 4 is 17.5 Å². The van der Waals surface area contributed by atoms with E-state index in [2.05, 4.69) is 45.7 Å². The third-order valence-corrected chi connectivity index (χ3v) is 5.42. The number of ether oxygens (including phenoxy) is 1. The van der Waals surface area contributed by atoms with E-state index in [0.29, 0.717) is 13.1 Å². The van der Waals surface area contributed by atoms with Crippen molar-refractivity contribution in [2.24, 2.45) is 0 Å². The van der Waals surface area contributed by atoms with E-state index in [1.165, 1.54) is 11.3 Å². The van der Waals surface area contributed by atoms with E-state index < -0.39 is 11.8 Å². The Balaban J connectivity index is 1.55. The minimum absolute atomic E-state index is 0.0103. The number of nitrogens with one attached hydrogen (secondary N) is 2. The van der Waals surface area contributed by atoms with Gasteiger partial charge in [-0.15, -0.1) is 0 Å². The maximum atomic E-state index is 12.1. The van der Waals surface area contributed by atoms with E-state index in [4.69, 9.17) is 4.74 Å². The van der Waals surface area contributed by atoms with Crippen LogP contribution in [0.1, 0.15) is 30.0 Å². The highest BCUT2D eigenvalue weighted by Gasteiger charge is 2.23. The van der Waals surface area contributed by atoms with E-state index in [1.807, 2.05) is 14.1 Å². The number of fused-ring (bicyclic) bond motifs is 1. The Morgan fingerprint density at radius 2 is 2.07 bits per heavy atom. The molecule has 1 aromatic rings. The molecular formula is C20H30N4O3. The van der Waals surface area contributed by atoms with Crippen LogP contribution in [-0.2, 0) is 20.7 Å². The van der Waals surface area contributed by atoms with E-state index in [1.54, 1.807) is 0 Å². The number of anilines is 1. The first-order valence-electron chi connectivity index (χ1n) is 9.63. The van der Waals surface area contributed by atoms with Crippen LogP contribution in [0.2, 0.25) is 0 Å². The van der Waals surface area contributed by atoms with Crippen LogP contribution < -0.4 is 15.5 Å². The molecule has 0 radical (unpaired) electrons. The summed E-state index contributed by atoms with van der Waals surface area (Å²) < 4.78 is 5.46. The first kappa shape index (κ1) is 19.6. The second-order valence-corrected chi connectivity index (χ2v) is 7.59. The molecule has 27 heavy (non-hydrogen) atoms. The molecule has 0 saturated carbocycles. The van der Waals surface area contributed by atoms with Crippen molar-refractivity contribution in [1.82, 2.24) is 15.5 Å². The topological polar surface area (TPSA) is 73.9 Å². The molecule has 0 spiro atoms. The standard InChI is InChI=1S/C20H30N4O3/c1-23(2)18(14-6-7-17-15(11-14)8-9-24(17)3)13-22-20(26)19(25)21-12-16-5-4-10-27-16/h6-7,11,16,18H,4-5,8-10,12-13H2,1-3H3,(H,21,25)(H,22,26)/t16-,18+/m1/s1. The maximum Gasteiger partial charge on any atom is 0.309 e. The highest BCUT2D eigenvalue weighted by atomic mass is 16.5. The summed E-state index contributed by atoms with van der Waals surface area (Å²) in [5.41, 5.74) is 3.75. The lowest BCUT2D eigenvalue weighted by molar-refractivity contribution is -0.139. The lowest BCUT2D eigenvalue weighted by Crippen LogP contribution is -2.44. The first-order valence-corrected chi connectivity index (χ1v) is 9.63. The second kappa shape index (κ2) is 8.71. The van der Waals surface area contributed by atoms with E-state index in [-0.39, 0.29) is 12.1 Å². The van der Waals surface area contributed by atoms with Gasteiger partial charge in [0.15, 0.2) is 0 Å². The number of hydrogen-bond donors (Lipinski definition) is 2. The number of carbonyl (C=O) groups excluding carboxylic acids is 2. The van der Waals surface area contributed by atoms with Gasteiger partial charge in [0.1, 0.15) is 0 Å². The smallest absolute Gasteiger partial charge is 0.309 e. The minimum atomic E-state index is -0.599. The molecular weight excluding hydrogens is 344 g/mol. The van der Waals surface area contributed by atoms with Gasteiger partial charge in [-0.1, -0.05) is 12.1 Å². The van der Waals surface area contributed by atoms with E-state index in [9.17, 15) is 9.59 Å². The summed E-state index contributed by atoms with van der Waals surface area (Å²) in [6.07, 6.45) is 3.00. The summed E-state index contributed by atoms with van der Waals surface area (Å²) in [6.45, 7) is 2.54. The van der Waals surface area contributed by atoms with Gasteiger partial charge < -0.3 is 25.2 Å². The number of likely N-dealkylation sites (N-methyl/N-ethyl adjacent to an activating group) is 2. The molecule has 7 heteroatoms. The van der Waals surface area contributed by atoms with Gasteiger partial charge in [-0.2, -0.15) is 0 Å². The Labute approximate surface area is 161 Å². The van der Waals surface area contributed by atoms with Gasteiger partial charge >= 0.3 is 11.8 Å². The number of nitrogens with zero attached hydrogens (tertiary/aromatic N) is 2. The zero-order chi connectivity index (χ0) is 19.4. The van der Waals surface area contributed by atoms with Crippen LogP contribution in [0.5, 0.6) is 0 Å². The van der Waals surface area contributed by atoms with E-state index in [0.717, 1.165) is 38.0 Å². The molecule has 2 aliphatic rings. The molecule has 1 aromatic carbocycles. The Kier molecular flexibility index (Phi) is 6.34. The van der Waals surface area contributed by atoms with Crippen molar-refractivity contribution in [1.29, 1.82) is 0 Å². The van der Waals surface area contributed by atoms with Crippen molar-refractivity contribution in [2.45, 2.75) is 31.4 Å². The lowest BCUT2D eigenvalue weighted by atomic mass is 10.0. The molecule has 7 nitrogen and oxygen atoms in total. The molecule has 2 aliphatic heterocycles. The maximum absolute atomic E-state index is 12.1. The molecule has 2 atom stereocenters. The van der Waals surface area contributed by atoms with Gasteiger partial charge in [0, 0.05) is 39.0 Å². The van der Waals surface area contributed by atoms with Gasteiger partial charge in [0.2, 0.25) is 0 Å². The molecule has 1 saturated heterocycles. The highest BCUT2D eigenvalue weighted by Crippen LogP contribution is 2.30. The normalized spacial score (nSPS) is 19.9. The molecule has 1 fully saturated rings. The summed E-state index contributed by atoms with van der Waals surface area (Å²) >= 11 is 0. The SMILES string of the molecule is CN1CCc2cc([C@H](CNC(=O)C(=O)NC[C@H]3CCCO3)N(C)C)ccc21. The largest absolute Gasteiger partial charge is 0.376 e. The minimum Gasteiger partial charge on any atom is -0.376 e. The third kappa shape index (κ3) is 4.78. The molecule has 2 amide bonds. The lowest BCUT2D eigenvalue weighted by Gasteiger charge is -2.26. The number of rotatable bonds is 6. The highest BCUT2D eigenvalue weighted by molar-refractivity contribution is 6.35. The predicted molar refractivity (Wildman–Crippen MR) is 105 cm³/mol. The predicted octanol–water partition coefficient (Wildman–Crippen LogP) is 0.693. The summed E-state index contributed by atoms with van der Waals surface area (Å²) in [4.78, 5) is 28.5. The van der Waals surface area contributed by atoms with Crippen molar-refractivity contribution in [3.63, 3.8) is 0 Å². The molecule has 2 N–H and O–H groups in total. The summed E-state index contributed by atoms with van der Waals surface area (Å²) in [5.74, 6) is -1.20.